The van der Waals surface area contributed by atoms with Gasteiger partial charge >= 0.3 is 0 Å². The third-order valence-electron chi connectivity index (χ3n) is 6.21. The fourth-order valence-corrected chi connectivity index (χ4v) is 4.68. The van der Waals surface area contributed by atoms with Crippen LogP contribution in [0.4, 0.5) is 5.82 Å². The second-order valence-corrected chi connectivity index (χ2v) is 8.27. The zero-order chi connectivity index (χ0) is 23.7. The number of amides is 1. The second kappa shape index (κ2) is 11.4. The molecule has 9 heteroatoms. The van der Waals surface area contributed by atoms with Crippen molar-refractivity contribution in [3.63, 3.8) is 0 Å². The van der Waals surface area contributed by atoms with E-state index in [1.54, 1.807) is 18.3 Å². The number of carbonyl (C=O) groups is 2. The molecule has 9 nitrogen and oxygen atoms in total. The number of hydrogen-bond acceptors (Lipinski definition) is 7. The third kappa shape index (κ3) is 5.86. The minimum atomic E-state index is -0.721. The van der Waals surface area contributed by atoms with E-state index in [0.29, 0.717) is 17.8 Å². The van der Waals surface area contributed by atoms with Gasteiger partial charge in [-0.1, -0.05) is 30.3 Å². The van der Waals surface area contributed by atoms with E-state index in [1.807, 2.05) is 30.3 Å². The number of nitriles is 1. The molecule has 0 unspecified atom stereocenters. The fourth-order valence-electron chi connectivity index (χ4n) is 4.68. The van der Waals surface area contributed by atoms with Crippen LogP contribution in [0.3, 0.4) is 0 Å². The summed E-state index contributed by atoms with van der Waals surface area (Å²) in [4.78, 5) is 28.2. The van der Waals surface area contributed by atoms with Crippen molar-refractivity contribution in [3.8, 4) is 6.07 Å². The molecular formula is C24H29N5O4. The molecule has 0 bridgehead atoms. The predicted octanol–water partition coefficient (Wildman–Crippen LogP) is 1.91. The first-order chi connectivity index (χ1) is 16.0. The highest BCUT2D eigenvalue weighted by molar-refractivity contribution is 5.87. The van der Waals surface area contributed by atoms with Crippen LogP contribution >= 0.6 is 0 Å². The van der Waals surface area contributed by atoms with Gasteiger partial charge in [-0.2, -0.15) is 5.26 Å². The summed E-state index contributed by atoms with van der Waals surface area (Å²) in [5, 5.41) is 32.7. The quantitative estimate of drug-likeness (QED) is 0.489. The lowest BCUT2D eigenvalue weighted by atomic mass is 9.84. The van der Waals surface area contributed by atoms with Crippen LogP contribution in [0.15, 0.2) is 48.7 Å². The van der Waals surface area contributed by atoms with E-state index < -0.39 is 11.6 Å². The molecule has 1 aromatic heterocycles. The van der Waals surface area contributed by atoms with Gasteiger partial charge in [-0.3, -0.25) is 14.5 Å². The Morgan fingerprint density at radius 3 is 2.73 bits per heavy atom. The number of rotatable bonds is 6. The Kier molecular flexibility index (Phi) is 8.35. The zero-order valence-corrected chi connectivity index (χ0v) is 18.4. The maximum absolute atomic E-state index is 13.3. The molecule has 33 heavy (non-hydrogen) atoms. The molecule has 0 saturated carbocycles. The van der Waals surface area contributed by atoms with Crippen LogP contribution in [0.5, 0.6) is 0 Å². The standard InChI is InChI=1S/C23H27N5O2.CH2O2/c24-13-17-8-9-21(25-14-17)27-19-12-23(10-4-5-11-28(23)16-19)22(30)26-15-20(29)18-6-2-1-3-7-18;2-1-3/h1-3,6-9,14,19-20,29H,4-5,10-12,15-16H2,(H,25,27)(H,26,30);1H,(H,2,3)/t19-,20-,23-;/m0./s1. The minimum absolute atomic E-state index is 0.00531. The van der Waals surface area contributed by atoms with E-state index in [2.05, 4.69) is 26.6 Å². The topological polar surface area (TPSA) is 139 Å². The molecule has 1 amide bonds. The van der Waals surface area contributed by atoms with Crippen molar-refractivity contribution < 1.29 is 19.8 Å². The van der Waals surface area contributed by atoms with Crippen molar-refractivity contribution in [2.45, 2.75) is 43.4 Å². The van der Waals surface area contributed by atoms with Crippen LogP contribution < -0.4 is 10.6 Å². The van der Waals surface area contributed by atoms with E-state index in [-0.39, 0.29) is 25.0 Å². The monoisotopic (exact) mass is 451 g/mol. The van der Waals surface area contributed by atoms with Crippen LogP contribution in [0.1, 0.15) is 42.9 Å². The molecule has 174 valence electrons. The Morgan fingerprint density at radius 1 is 1.30 bits per heavy atom. The molecular weight excluding hydrogens is 422 g/mol. The number of anilines is 1. The molecule has 2 saturated heterocycles. The number of nitrogens with one attached hydrogen (secondary N) is 2. The van der Waals surface area contributed by atoms with Crippen LogP contribution in [0.2, 0.25) is 0 Å². The van der Waals surface area contributed by atoms with Crippen molar-refractivity contribution in [3.05, 3.63) is 59.8 Å². The van der Waals surface area contributed by atoms with E-state index in [1.165, 1.54) is 0 Å². The van der Waals surface area contributed by atoms with Crippen molar-refractivity contribution in [2.24, 2.45) is 0 Å². The zero-order valence-electron chi connectivity index (χ0n) is 18.4. The Bertz CT molecular complexity index is 963. The molecule has 2 aliphatic rings. The average molecular weight is 452 g/mol. The number of benzene rings is 1. The number of carbonyl (C=O) groups excluding carboxylic acids is 1. The normalized spacial score (nSPS) is 22.6. The number of piperidine rings is 1. The highest BCUT2D eigenvalue weighted by atomic mass is 16.3. The Balaban J connectivity index is 0.000000968. The summed E-state index contributed by atoms with van der Waals surface area (Å²) in [6.45, 7) is 1.62. The molecule has 4 N–H and O–H groups in total. The number of fused-ring (bicyclic) bond motifs is 1. The summed E-state index contributed by atoms with van der Waals surface area (Å²) >= 11 is 0. The molecule has 0 radical (unpaired) electrons. The number of carboxylic acid groups (broad SMARTS) is 1. The van der Waals surface area contributed by atoms with E-state index in [0.717, 1.165) is 37.9 Å². The van der Waals surface area contributed by atoms with Crippen LogP contribution in [-0.4, -0.2) is 63.7 Å². The highest BCUT2D eigenvalue weighted by Gasteiger charge is 2.51. The lowest BCUT2D eigenvalue weighted by molar-refractivity contribution is -0.134. The second-order valence-electron chi connectivity index (χ2n) is 8.27. The van der Waals surface area contributed by atoms with Gasteiger partial charge in [0.05, 0.1) is 11.7 Å². The van der Waals surface area contributed by atoms with Gasteiger partial charge in [0, 0.05) is 25.3 Å². The number of nitrogens with zero attached hydrogens (tertiary/aromatic N) is 3. The van der Waals surface area contributed by atoms with E-state index in [4.69, 9.17) is 15.2 Å². The molecule has 1 aromatic carbocycles. The third-order valence-corrected chi connectivity index (χ3v) is 6.21. The predicted molar refractivity (Wildman–Crippen MR) is 122 cm³/mol. The van der Waals surface area contributed by atoms with Crippen molar-refractivity contribution in [2.75, 3.05) is 25.0 Å². The van der Waals surface area contributed by atoms with E-state index in [9.17, 15) is 9.90 Å². The lowest BCUT2D eigenvalue weighted by Gasteiger charge is -2.40. The van der Waals surface area contributed by atoms with Crippen molar-refractivity contribution in [1.82, 2.24) is 15.2 Å². The number of aliphatic hydroxyl groups is 1. The van der Waals surface area contributed by atoms with Gasteiger partial charge in [0.25, 0.3) is 6.47 Å². The van der Waals surface area contributed by atoms with Crippen LogP contribution in [0, 0.1) is 11.3 Å². The number of hydrogen-bond donors (Lipinski definition) is 4. The van der Waals surface area contributed by atoms with Crippen molar-refractivity contribution >= 4 is 18.2 Å². The Labute approximate surface area is 193 Å². The van der Waals surface area contributed by atoms with Gasteiger partial charge in [0.15, 0.2) is 0 Å². The van der Waals surface area contributed by atoms with Crippen LogP contribution in [0.25, 0.3) is 0 Å². The lowest BCUT2D eigenvalue weighted by Crippen LogP contribution is -2.57. The first-order valence-electron chi connectivity index (χ1n) is 11.0. The summed E-state index contributed by atoms with van der Waals surface area (Å²) in [5.41, 5.74) is 0.782. The molecule has 0 aliphatic carbocycles. The fraction of sp³-hybridized carbons (Fsp3) is 0.417. The SMILES string of the molecule is N#Cc1ccc(N[C@@H]2CN3CCCC[C@@]3(C(=O)NC[C@H](O)c3ccccc3)C2)nc1.O=CO. The number of pyridine rings is 1. The Morgan fingerprint density at radius 2 is 2.06 bits per heavy atom. The molecule has 2 fully saturated rings. The summed E-state index contributed by atoms with van der Waals surface area (Å²) < 4.78 is 0. The minimum Gasteiger partial charge on any atom is -0.483 e. The smallest absolute Gasteiger partial charge is 0.290 e. The first kappa shape index (κ1) is 24.2. The maximum Gasteiger partial charge on any atom is 0.290 e. The highest BCUT2D eigenvalue weighted by Crippen LogP contribution is 2.39. The average Bonchev–Trinajstić information content (AvgIpc) is 3.23. The molecule has 0 spiro atoms. The largest absolute Gasteiger partial charge is 0.483 e. The Hall–Kier alpha value is -3.48. The maximum atomic E-state index is 13.3. The van der Waals surface area contributed by atoms with E-state index >= 15 is 0 Å². The summed E-state index contributed by atoms with van der Waals surface area (Å²) in [5.74, 6) is 0.711. The molecule has 3 heterocycles. The van der Waals surface area contributed by atoms with Gasteiger partial charge < -0.3 is 20.8 Å². The number of aliphatic hydroxyl groups excluding tert-OH is 1. The first-order valence-corrected chi connectivity index (χ1v) is 11.0. The molecule has 4 rings (SSSR count). The van der Waals surface area contributed by atoms with Gasteiger partial charge in [0.1, 0.15) is 17.4 Å². The molecule has 2 aliphatic heterocycles. The van der Waals surface area contributed by atoms with Crippen LogP contribution in [-0.2, 0) is 9.59 Å². The molecule has 3 atom stereocenters. The number of aromatic nitrogens is 1. The van der Waals surface area contributed by atoms with Gasteiger partial charge in [-0.05, 0) is 49.9 Å². The van der Waals surface area contributed by atoms with Crippen molar-refractivity contribution in [1.29, 1.82) is 5.26 Å². The molecule has 2 aromatic rings. The summed E-state index contributed by atoms with van der Waals surface area (Å²) in [6.07, 6.45) is 4.46. The summed E-state index contributed by atoms with van der Waals surface area (Å²) in [7, 11) is 0. The van der Waals surface area contributed by atoms with Gasteiger partial charge in [0.2, 0.25) is 5.91 Å². The van der Waals surface area contributed by atoms with Gasteiger partial charge in [-0.15, -0.1) is 0 Å². The summed E-state index contributed by atoms with van der Waals surface area (Å²) in [6, 6.07) is 15.1. The van der Waals surface area contributed by atoms with Gasteiger partial charge in [-0.25, -0.2) is 4.98 Å².